The second kappa shape index (κ2) is 6.77. The first-order chi connectivity index (χ1) is 11.0. The number of rotatable bonds is 5. The highest BCUT2D eigenvalue weighted by molar-refractivity contribution is 5.70. The van der Waals surface area contributed by atoms with Gasteiger partial charge in [0, 0.05) is 0 Å². The fourth-order valence-electron chi connectivity index (χ4n) is 2.00. The molecule has 0 saturated carbocycles. The van der Waals surface area contributed by atoms with Gasteiger partial charge in [-0.3, -0.25) is 9.59 Å². The van der Waals surface area contributed by atoms with Crippen molar-refractivity contribution < 1.29 is 19.1 Å². The monoisotopic (exact) mass is 321 g/mol. The molecule has 0 saturated heterocycles. The standard InChI is InChI=1S/C14H15N3O6/c1-22-11(18)8-15-13(20)17(10-6-4-3-5-7-10)14(21)16(15)9-12(19)23-2/h3-7H,8-9H2,1-2H3. The molecular formula is C14H15N3O6. The zero-order chi connectivity index (χ0) is 17.0. The van der Waals surface area contributed by atoms with Crippen molar-refractivity contribution in [2.75, 3.05) is 14.2 Å². The van der Waals surface area contributed by atoms with Gasteiger partial charge in [-0.25, -0.2) is 23.5 Å². The lowest BCUT2D eigenvalue weighted by molar-refractivity contribution is -0.144. The molecule has 2 rings (SSSR count). The molecule has 0 spiro atoms. The Morgan fingerprint density at radius 1 is 0.870 bits per heavy atom. The Morgan fingerprint density at radius 2 is 1.30 bits per heavy atom. The summed E-state index contributed by atoms with van der Waals surface area (Å²) in [5, 5.41) is 0. The number of hydrogen-bond acceptors (Lipinski definition) is 6. The summed E-state index contributed by atoms with van der Waals surface area (Å²) >= 11 is 0. The highest BCUT2D eigenvalue weighted by atomic mass is 16.5. The zero-order valence-corrected chi connectivity index (χ0v) is 12.6. The van der Waals surface area contributed by atoms with Gasteiger partial charge in [0.1, 0.15) is 13.1 Å². The Bertz CT molecular complexity index is 781. The normalized spacial score (nSPS) is 10.3. The fraction of sp³-hybridized carbons (Fsp3) is 0.286. The van der Waals surface area contributed by atoms with Crippen molar-refractivity contribution in [3.63, 3.8) is 0 Å². The summed E-state index contributed by atoms with van der Waals surface area (Å²) in [6, 6.07) is 8.17. The lowest BCUT2D eigenvalue weighted by Gasteiger charge is -2.06. The molecule has 0 bridgehead atoms. The van der Waals surface area contributed by atoms with Gasteiger partial charge in [0.05, 0.1) is 19.9 Å². The molecule has 0 aliphatic carbocycles. The van der Waals surface area contributed by atoms with Crippen LogP contribution in [0.5, 0.6) is 0 Å². The van der Waals surface area contributed by atoms with Gasteiger partial charge < -0.3 is 9.47 Å². The number of para-hydroxylation sites is 1. The molecule has 0 radical (unpaired) electrons. The summed E-state index contributed by atoms with van der Waals surface area (Å²) in [7, 11) is 2.31. The summed E-state index contributed by atoms with van der Waals surface area (Å²) in [6.07, 6.45) is 0. The first-order valence-electron chi connectivity index (χ1n) is 6.61. The molecule has 0 fully saturated rings. The largest absolute Gasteiger partial charge is 0.468 e. The van der Waals surface area contributed by atoms with Gasteiger partial charge in [0.25, 0.3) is 0 Å². The third-order valence-electron chi connectivity index (χ3n) is 3.14. The van der Waals surface area contributed by atoms with Gasteiger partial charge in [0.15, 0.2) is 0 Å². The quantitative estimate of drug-likeness (QED) is 0.665. The van der Waals surface area contributed by atoms with E-state index in [0.717, 1.165) is 28.2 Å². The minimum absolute atomic E-state index is 0.324. The minimum Gasteiger partial charge on any atom is -0.468 e. The van der Waals surface area contributed by atoms with Crippen LogP contribution in [0.25, 0.3) is 5.69 Å². The fourth-order valence-corrected chi connectivity index (χ4v) is 2.00. The first-order valence-corrected chi connectivity index (χ1v) is 6.61. The maximum atomic E-state index is 12.5. The lowest BCUT2D eigenvalue weighted by Crippen LogP contribution is -2.32. The van der Waals surface area contributed by atoms with Crippen LogP contribution in [0.4, 0.5) is 0 Å². The minimum atomic E-state index is -0.754. The Hall–Kier alpha value is -3.10. The molecule has 1 aromatic heterocycles. The SMILES string of the molecule is COC(=O)Cn1c(=O)n(-c2ccccc2)c(=O)n1CC(=O)OC. The summed E-state index contributed by atoms with van der Waals surface area (Å²) in [5.74, 6) is -1.45. The van der Waals surface area contributed by atoms with E-state index < -0.39 is 36.4 Å². The van der Waals surface area contributed by atoms with E-state index in [-0.39, 0.29) is 0 Å². The maximum Gasteiger partial charge on any atom is 0.352 e. The van der Waals surface area contributed by atoms with Crippen LogP contribution < -0.4 is 11.4 Å². The van der Waals surface area contributed by atoms with Gasteiger partial charge in [-0.15, -0.1) is 0 Å². The van der Waals surface area contributed by atoms with E-state index in [1.807, 2.05) is 0 Å². The van der Waals surface area contributed by atoms with Crippen molar-refractivity contribution >= 4 is 11.9 Å². The van der Waals surface area contributed by atoms with Crippen LogP contribution in [0.3, 0.4) is 0 Å². The average molecular weight is 321 g/mol. The van der Waals surface area contributed by atoms with Crippen molar-refractivity contribution in [1.29, 1.82) is 0 Å². The predicted molar refractivity (Wildman–Crippen MR) is 78.3 cm³/mol. The number of aromatic nitrogens is 3. The molecule has 2 aromatic rings. The van der Waals surface area contributed by atoms with Crippen molar-refractivity contribution in [3.05, 3.63) is 51.3 Å². The van der Waals surface area contributed by atoms with Crippen LogP contribution >= 0.6 is 0 Å². The molecule has 0 aliphatic heterocycles. The van der Waals surface area contributed by atoms with Gasteiger partial charge >= 0.3 is 23.3 Å². The molecule has 1 heterocycles. The third-order valence-corrected chi connectivity index (χ3v) is 3.14. The van der Waals surface area contributed by atoms with Crippen LogP contribution in [-0.4, -0.2) is 40.1 Å². The molecule has 9 heteroatoms. The molecule has 0 amide bonds. The molecule has 23 heavy (non-hydrogen) atoms. The van der Waals surface area contributed by atoms with Gasteiger partial charge in [-0.1, -0.05) is 18.2 Å². The molecule has 0 N–H and O–H groups in total. The number of benzene rings is 1. The second-order valence-electron chi connectivity index (χ2n) is 4.50. The third kappa shape index (κ3) is 3.23. The second-order valence-corrected chi connectivity index (χ2v) is 4.50. The molecular weight excluding hydrogens is 306 g/mol. The topological polar surface area (TPSA) is 102 Å². The Kier molecular flexibility index (Phi) is 4.79. The summed E-state index contributed by atoms with van der Waals surface area (Å²) in [6.45, 7) is -0.997. The van der Waals surface area contributed by atoms with E-state index in [1.165, 1.54) is 0 Å². The molecule has 0 unspecified atom stereocenters. The van der Waals surface area contributed by atoms with Gasteiger partial charge in [-0.05, 0) is 12.1 Å². The number of ether oxygens (including phenoxy) is 2. The van der Waals surface area contributed by atoms with Gasteiger partial charge in [-0.2, -0.15) is 0 Å². The number of carbonyl (C=O) groups excluding carboxylic acids is 2. The number of nitrogens with zero attached hydrogens (tertiary/aromatic N) is 3. The van der Waals surface area contributed by atoms with E-state index in [1.54, 1.807) is 30.3 Å². The van der Waals surface area contributed by atoms with Crippen molar-refractivity contribution in [1.82, 2.24) is 13.9 Å². The predicted octanol–water partition coefficient (Wildman–Crippen LogP) is -0.853. The van der Waals surface area contributed by atoms with Gasteiger partial charge in [0.2, 0.25) is 0 Å². The lowest BCUT2D eigenvalue weighted by atomic mass is 10.3. The van der Waals surface area contributed by atoms with Crippen molar-refractivity contribution in [2.24, 2.45) is 0 Å². The molecule has 1 aromatic carbocycles. The number of carbonyl (C=O) groups is 2. The van der Waals surface area contributed by atoms with Crippen molar-refractivity contribution in [3.8, 4) is 5.69 Å². The Morgan fingerprint density at radius 3 is 1.70 bits per heavy atom. The summed E-state index contributed by atoms with van der Waals surface area (Å²) < 4.78 is 11.6. The maximum absolute atomic E-state index is 12.5. The van der Waals surface area contributed by atoms with Crippen LogP contribution in [0.2, 0.25) is 0 Å². The molecule has 9 nitrogen and oxygen atoms in total. The number of esters is 2. The van der Waals surface area contributed by atoms with E-state index in [2.05, 4.69) is 9.47 Å². The van der Waals surface area contributed by atoms with Crippen molar-refractivity contribution in [2.45, 2.75) is 13.1 Å². The van der Waals surface area contributed by atoms with E-state index in [0.29, 0.717) is 5.69 Å². The van der Waals surface area contributed by atoms with E-state index in [9.17, 15) is 19.2 Å². The first kappa shape index (κ1) is 16.3. The highest BCUT2D eigenvalue weighted by Crippen LogP contribution is 2.01. The molecule has 0 atom stereocenters. The van der Waals surface area contributed by atoms with Crippen LogP contribution in [0, 0.1) is 0 Å². The number of methoxy groups -OCH3 is 2. The van der Waals surface area contributed by atoms with E-state index >= 15 is 0 Å². The number of hydrogen-bond donors (Lipinski definition) is 0. The molecule has 122 valence electrons. The van der Waals surface area contributed by atoms with Crippen LogP contribution in [-0.2, 0) is 32.2 Å². The highest BCUT2D eigenvalue weighted by Gasteiger charge is 2.21. The Labute approximate surface area is 130 Å². The van der Waals surface area contributed by atoms with Crippen LogP contribution in [0.1, 0.15) is 0 Å². The van der Waals surface area contributed by atoms with Crippen LogP contribution in [0.15, 0.2) is 39.9 Å². The summed E-state index contributed by atoms with van der Waals surface area (Å²) in [5.41, 5.74) is -1.18. The smallest absolute Gasteiger partial charge is 0.352 e. The summed E-state index contributed by atoms with van der Waals surface area (Å²) in [4.78, 5) is 47.9. The molecule has 0 aliphatic rings. The Balaban J connectivity index is 2.64. The average Bonchev–Trinajstić information content (AvgIpc) is 2.79. The zero-order valence-electron chi connectivity index (χ0n) is 12.6. The van der Waals surface area contributed by atoms with E-state index in [4.69, 9.17) is 0 Å².